The first-order valence-electron chi connectivity index (χ1n) is 8.74. The maximum absolute atomic E-state index is 11.6. The van der Waals surface area contributed by atoms with E-state index in [1.807, 2.05) is 60.6 Å². The van der Waals surface area contributed by atoms with E-state index in [-0.39, 0.29) is 29.7 Å². The van der Waals surface area contributed by atoms with Crippen LogP contribution >= 0.6 is 0 Å². The van der Waals surface area contributed by atoms with E-state index < -0.39 is 0 Å². The number of amides is 1. The number of hydrogen-bond donors (Lipinski definition) is 0. The monoisotopic (exact) mass is 349 g/mol. The molecule has 2 rings (SSSR count). The number of carbonyl (C=O) groups is 2. The fourth-order valence-electron chi connectivity index (χ4n) is 2.16. The molecule has 1 aromatic rings. The Bertz CT molecular complexity index is 563. The van der Waals surface area contributed by atoms with Gasteiger partial charge in [0.15, 0.2) is 0 Å². The summed E-state index contributed by atoms with van der Waals surface area (Å²) in [5, 5.41) is 0. The van der Waals surface area contributed by atoms with Crippen LogP contribution in [0.1, 0.15) is 59.6 Å². The van der Waals surface area contributed by atoms with Crippen LogP contribution in [0.4, 0.5) is 4.79 Å². The molecule has 1 heterocycles. The Labute approximate surface area is 151 Å². The van der Waals surface area contributed by atoms with Gasteiger partial charge in [-0.15, -0.1) is 0 Å². The van der Waals surface area contributed by atoms with E-state index in [0.717, 1.165) is 0 Å². The molecule has 0 N–H and O–H groups in total. The predicted molar refractivity (Wildman–Crippen MR) is 98.0 cm³/mol. The zero-order valence-electron chi connectivity index (χ0n) is 16.5. The van der Waals surface area contributed by atoms with Crippen LogP contribution in [-0.2, 0) is 27.4 Å². The SMILES string of the molecule is CC(C)C(=O)OC(C)(C)C.CC(C)OC(=O)N1Cc2ccccc2C1. The lowest BCUT2D eigenvalue weighted by atomic mass is 10.1. The van der Waals surface area contributed by atoms with Crippen LogP contribution in [0.15, 0.2) is 24.3 Å². The number of nitrogens with zero attached hydrogens (tertiary/aromatic N) is 1. The van der Waals surface area contributed by atoms with Gasteiger partial charge in [0.1, 0.15) is 5.60 Å². The Hall–Kier alpha value is -2.04. The summed E-state index contributed by atoms with van der Waals surface area (Å²) in [6, 6.07) is 8.10. The van der Waals surface area contributed by atoms with Crippen molar-refractivity contribution in [1.82, 2.24) is 4.90 Å². The predicted octanol–water partition coefficient (Wildman–Crippen LogP) is 4.53. The van der Waals surface area contributed by atoms with Gasteiger partial charge in [-0.2, -0.15) is 0 Å². The summed E-state index contributed by atoms with van der Waals surface area (Å²) in [6.45, 7) is 14.3. The van der Waals surface area contributed by atoms with Crippen molar-refractivity contribution in [3.63, 3.8) is 0 Å². The average Bonchev–Trinajstić information content (AvgIpc) is 2.89. The summed E-state index contributed by atoms with van der Waals surface area (Å²) in [4.78, 5) is 24.3. The van der Waals surface area contributed by atoms with Gasteiger partial charge in [0, 0.05) is 13.1 Å². The smallest absolute Gasteiger partial charge is 0.410 e. The maximum Gasteiger partial charge on any atom is 0.410 e. The molecule has 0 saturated carbocycles. The highest BCUT2D eigenvalue weighted by Crippen LogP contribution is 2.22. The minimum Gasteiger partial charge on any atom is -0.460 e. The Balaban J connectivity index is 0.000000275. The van der Waals surface area contributed by atoms with Gasteiger partial charge < -0.3 is 9.47 Å². The van der Waals surface area contributed by atoms with E-state index in [4.69, 9.17) is 9.47 Å². The van der Waals surface area contributed by atoms with E-state index in [9.17, 15) is 9.59 Å². The summed E-state index contributed by atoms with van der Waals surface area (Å²) in [5.41, 5.74) is 2.10. The molecule has 0 bridgehead atoms. The van der Waals surface area contributed by atoms with Gasteiger partial charge in [0.05, 0.1) is 12.0 Å². The summed E-state index contributed by atoms with van der Waals surface area (Å²) in [6.07, 6.45) is -0.276. The first-order chi connectivity index (χ1) is 11.5. The van der Waals surface area contributed by atoms with Crippen LogP contribution in [0.3, 0.4) is 0 Å². The lowest BCUT2D eigenvalue weighted by Crippen LogP contribution is -2.28. The second-order valence-corrected chi connectivity index (χ2v) is 7.75. The molecule has 5 heteroatoms. The molecule has 0 aliphatic carbocycles. The topological polar surface area (TPSA) is 55.8 Å². The molecule has 0 spiro atoms. The van der Waals surface area contributed by atoms with Gasteiger partial charge in [0.25, 0.3) is 0 Å². The number of carbonyl (C=O) groups excluding carboxylic acids is 2. The van der Waals surface area contributed by atoms with Crippen LogP contribution in [0, 0.1) is 5.92 Å². The van der Waals surface area contributed by atoms with Crippen molar-refractivity contribution in [3.05, 3.63) is 35.4 Å². The first kappa shape index (κ1) is 21.0. The average molecular weight is 349 g/mol. The molecule has 0 atom stereocenters. The van der Waals surface area contributed by atoms with Crippen molar-refractivity contribution in [2.75, 3.05) is 0 Å². The van der Waals surface area contributed by atoms with E-state index in [1.54, 1.807) is 4.90 Å². The molecule has 0 aromatic heterocycles. The van der Waals surface area contributed by atoms with Gasteiger partial charge in [0.2, 0.25) is 0 Å². The highest BCUT2D eigenvalue weighted by molar-refractivity contribution is 5.71. The van der Waals surface area contributed by atoms with E-state index in [1.165, 1.54) is 11.1 Å². The molecular formula is C20H31NO4. The molecule has 1 amide bonds. The summed E-state index contributed by atoms with van der Waals surface area (Å²) in [7, 11) is 0. The Morgan fingerprint density at radius 3 is 1.80 bits per heavy atom. The van der Waals surface area contributed by atoms with Gasteiger partial charge in [-0.1, -0.05) is 38.1 Å². The van der Waals surface area contributed by atoms with Crippen LogP contribution in [0.2, 0.25) is 0 Å². The summed E-state index contributed by atoms with van der Waals surface area (Å²) in [5.74, 6) is -0.160. The second-order valence-electron chi connectivity index (χ2n) is 7.75. The number of hydrogen-bond acceptors (Lipinski definition) is 4. The van der Waals surface area contributed by atoms with Crippen molar-refractivity contribution < 1.29 is 19.1 Å². The fourth-order valence-corrected chi connectivity index (χ4v) is 2.16. The normalized spacial score (nSPS) is 13.2. The summed E-state index contributed by atoms with van der Waals surface area (Å²) < 4.78 is 10.2. The molecule has 0 radical (unpaired) electrons. The third-order valence-corrected chi connectivity index (χ3v) is 3.31. The third-order valence-electron chi connectivity index (χ3n) is 3.31. The minimum absolute atomic E-state index is 0.0285. The molecule has 0 unspecified atom stereocenters. The molecule has 25 heavy (non-hydrogen) atoms. The number of esters is 1. The quantitative estimate of drug-likeness (QED) is 0.736. The molecular weight excluding hydrogens is 318 g/mol. The van der Waals surface area contributed by atoms with Crippen molar-refractivity contribution in [2.24, 2.45) is 5.92 Å². The largest absolute Gasteiger partial charge is 0.460 e. The first-order valence-corrected chi connectivity index (χ1v) is 8.74. The Morgan fingerprint density at radius 1 is 1.00 bits per heavy atom. The molecule has 5 nitrogen and oxygen atoms in total. The zero-order chi connectivity index (χ0) is 19.2. The molecule has 140 valence electrons. The van der Waals surface area contributed by atoms with Crippen molar-refractivity contribution in [1.29, 1.82) is 0 Å². The Kier molecular flexibility index (Phi) is 7.46. The van der Waals surface area contributed by atoms with Gasteiger partial charge in [-0.25, -0.2) is 4.79 Å². The minimum atomic E-state index is -0.346. The van der Waals surface area contributed by atoms with E-state index in [0.29, 0.717) is 13.1 Å². The number of fused-ring (bicyclic) bond motifs is 1. The fraction of sp³-hybridized carbons (Fsp3) is 0.600. The second kappa shape index (κ2) is 8.88. The summed E-state index contributed by atoms with van der Waals surface area (Å²) >= 11 is 0. The molecule has 1 aliphatic rings. The number of rotatable bonds is 2. The van der Waals surface area contributed by atoms with Gasteiger partial charge >= 0.3 is 12.1 Å². The lowest BCUT2D eigenvalue weighted by molar-refractivity contribution is -0.158. The van der Waals surface area contributed by atoms with Gasteiger partial charge in [-0.3, -0.25) is 9.69 Å². The van der Waals surface area contributed by atoms with Crippen molar-refractivity contribution in [2.45, 2.75) is 73.3 Å². The number of benzene rings is 1. The molecule has 1 aromatic carbocycles. The van der Waals surface area contributed by atoms with Crippen LogP contribution < -0.4 is 0 Å². The van der Waals surface area contributed by atoms with Crippen LogP contribution in [0.5, 0.6) is 0 Å². The van der Waals surface area contributed by atoms with E-state index in [2.05, 4.69) is 12.1 Å². The Morgan fingerprint density at radius 2 is 1.48 bits per heavy atom. The lowest BCUT2D eigenvalue weighted by Gasteiger charge is -2.20. The highest BCUT2D eigenvalue weighted by Gasteiger charge is 2.24. The highest BCUT2D eigenvalue weighted by atomic mass is 16.6. The van der Waals surface area contributed by atoms with Crippen LogP contribution in [0.25, 0.3) is 0 Å². The molecule has 1 aliphatic heterocycles. The van der Waals surface area contributed by atoms with Crippen molar-refractivity contribution >= 4 is 12.1 Å². The van der Waals surface area contributed by atoms with Crippen molar-refractivity contribution in [3.8, 4) is 0 Å². The zero-order valence-corrected chi connectivity index (χ0v) is 16.5. The number of ether oxygens (including phenoxy) is 2. The third kappa shape index (κ3) is 7.59. The standard InChI is InChI=1S/C12H15NO2.C8H16O2/c1-9(2)15-12(14)13-7-10-5-3-4-6-11(10)8-13;1-6(2)7(9)10-8(3,4)5/h3-6,9H,7-8H2,1-2H3;6H,1-5H3. The maximum atomic E-state index is 11.6. The van der Waals surface area contributed by atoms with E-state index >= 15 is 0 Å². The van der Waals surface area contributed by atoms with Gasteiger partial charge in [-0.05, 0) is 45.7 Å². The van der Waals surface area contributed by atoms with Crippen LogP contribution in [-0.4, -0.2) is 28.7 Å². The molecule has 0 saturated heterocycles. The molecule has 0 fully saturated rings.